The van der Waals surface area contributed by atoms with E-state index in [1.807, 2.05) is 6.07 Å². The van der Waals surface area contributed by atoms with Gasteiger partial charge in [-0.3, -0.25) is 0 Å². The summed E-state index contributed by atoms with van der Waals surface area (Å²) in [5, 5.41) is 11.8. The lowest BCUT2D eigenvalue weighted by molar-refractivity contribution is 0.580. The Balaban J connectivity index is 2.19. The molecule has 74 valence electrons. The summed E-state index contributed by atoms with van der Waals surface area (Å²) in [6.45, 7) is 0. The molecule has 1 N–H and O–H groups in total. The van der Waals surface area contributed by atoms with Crippen molar-refractivity contribution in [2.45, 2.75) is 0 Å². The van der Waals surface area contributed by atoms with Crippen LogP contribution in [0.2, 0.25) is 0 Å². The normalized spacial score (nSPS) is 9.60. The Morgan fingerprint density at radius 2 is 2.27 bits per heavy atom. The Hall–Kier alpha value is -2.07. The first kappa shape index (κ1) is 9.48. The molecule has 2 rings (SSSR count). The molecule has 0 aliphatic rings. The number of aromatic nitrogens is 3. The molecule has 0 radical (unpaired) electrons. The van der Waals surface area contributed by atoms with E-state index in [-0.39, 0.29) is 0 Å². The average molecular weight is 221 g/mol. The highest BCUT2D eigenvalue weighted by Gasteiger charge is 2.03. The lowest BCUT2D eigenvalue weighted by atomic mass is 10.6. The van der Waals surface area contributed by atoms with Gasteiger partial charge in [0.2, 0.25) is 5.95 Å². The third-order valence-corrected chi connectivity index (χ3v) is 2.30. The van der Waals surface area contributed by atoms with Crippen LogP contribution in [0.4, 0.5) is 15.3 Å². The van der Waals surface area contributed by atoms with Crippen molar-refractivity contribution in [1.29, 1.82) is 5.26 Å². The van der Waals surface area contributed by atoms with Crippen molar-refractivity contribution in [3.05, 3.63) is 29.4 Å². The summed E-state index contributed by atoms with van der Waals surface area (Å²) in [7, 11) is 0. The van der Waals surface area contributed by atoms with Crippen LogP contribution in [0.15, 0.2) is 18.6 Å². The van der Waals surface area contributed by atoms with Gasteiger partial charge in [0, 0.05) is 6.07 Å². The minimum absolute atomic E-state index is 0.307. The summed E-state index contributed by atoms with van der Waals surface area (Å²) >= 11 is 1.17. The van der Waals surface area contributed by atoms with Gasteiger partial charge < -0.3 is 5.32 Å². The first-order valence-corrected chi connectivity index (χ1v) is 4.70. The van der Waals surface area contributed by atoms with Gasteiger partial charge in [0.1, 0.15) is 23.1 Å². The first-order valence-electron chi connectivity index (χ1n) is 3.88. The van der Waals surface area contributed by atoms with Gasteiger partial charge in [-0.2, -0.15) is 9.65 Å². The largest absolute Gasteiger partial charge is 0.316 e. The van der Waals surface area contributed by atoms with Crippen LogP contribution in [0.5, 0.6) is 0 Å². The number of thiazole rings is 1. The molecule has 0 saturated heterocycles. The van der Waals surface area contributed by atoms with Gasteiger partial charge in [-0.1, -0.05) is 11.3 Å². The maximum Gasteiger partial charge on any atom is 0.218 e. The Kier molecular flexibility index (Phi) is 2.51. The van der Waals surface area contributed by atoms with Gasteiger partial charge in [0.05, 0.1) is 6.20 Å². The molecule has 2 aromatic rings. The highest BCUT2D eigenvalue weighted by Crippen LogP contribution is 2.20. The SMILES string of the molecule is N#Cc1cnc(Nc2cc(F)ncn2)s1. The molecular weight excluding hydrogens is 217 g/mol. The van der Waals surface area contributed by atoms with Crippen molar-refractivity contribution in [1.82, 2.24) is 15.0 Å². The van der Waals surface area contributed by atoms with E-state index >= 15 is 0 Å². The summed E-state index contributed by atoms with van der Waals surface area (Å²) < 4.78 is 12.7. The molecule has 0 atom stereocenters. The highest BCUT2D eigenvalue weighted by atomic mass is 32.1. The number of hydrogen-bond donors (Lipinski definition) is 1. The number of nitrogens with zero attached hydrogens (tertiary/aromatic N) is 4. The van der Waals surface area contributed by atoms with E-state index in [0.717, 1.165) is 12.4 Å². The van der Waals surface area contributed by atoms with Crippen LogP contribution in [-0.4, -0.2) is 15.0 Å². The topological polar surface area (TPSA) is 74.5 Å². The fourth-order valence-corrected chi connectivity index (χ4v) is 1.52. The van der Waals surface area contributed by atoms with Crippen LogP contribution in [0, 0.1) is 17.3 Å². The van der Waals surface area contributed by atoms with E-state index in [4.69, 9.17) is 5.26 Å². The minimum atomic E-state index is -0.621. The van der Waals surface area contributed by atoms with Gasteiger partial charge in [0.25, 0.3) is 0 Å². The number of rotatable bonds is 2. The molecule has 15 heavy (non-hydrogen) atoms. The molecule has 0 fully saturated rings. The maximum atomic E-state index is 12.7. The van der Waals surface area contributed by atoms with Crippen molar-refractivity contribution in [3.8, 4) is 6.07 Å². The third-order valence-electron chi connectivity index (χ3n) is 1.48. The van der Waals surface area contributed by atoms with E-state index in [1.165, 1.54) is 17.5 Å². The molecule has 0 aromatic carbocycles. The summed E-state index contributed by atoms with van der Waals surface area (Å²) in [5.41, 5.74) is 0. The van der Waals surface area contributed by atoms with Crippen molar-refractivity contribution in [2.75, 3.05) is 5.32 Å². The summed E-state index contributed by atoms with van der Waals surface area (Å²) in [5.74, 6) is -0.314. The lowest BCUT2D eigenvalue weighted by Crippen LogP contribution is -1.94. The van der Waals surface area contributed by atoms with Crippen LogP contribution in [-0.2, 0) is 0 Å². The lowest BCUT2D eigenvalue weighted by Gasteiger charge is -1.99. The fourth-order valence-electron chi connectivity index (χ4n) is 0.895. The summed E-state index contributed by atoms with van der Waals surface area (Å²) in [6, 6.07) is 3.10. The molecule has 0 aliphatic heterocycles. The second-order valence-electron chi connectivity index (χ2n) is 2.49. The Morgan fingerprint density at radius 1 is 1.40 bits per heavy atom. The maximum absolute atomic E-state index is 12.7. The quantitative estimate of drug-likeness (QED) is 0.781. The minimum Gasteiger partial charge on any atom is -0.316 e. The van der Waals surface area contributed by atoms with E-state index < -0.39 is 5.95 Å². The molecule has 0 bridgehead atoms. The Bertz CT molecular complexity index is 518. The number of nitrogens with one attached hydrogen (secondary N) is 1. The van der Waals surface area contributed by atoms with Crippen molar-refractivity contribution in [3.63, 3.8) is 0 Å². The molecule has 2 aromatic heterocycles. The van der Waals surface area contributed by atoms with Crippen molar-refractivity contribution >= 4 is 22.3 Å². The van der Waals surface area contributed by atoms with Crippen LogP contribution >= 0.6 is 11.3 Å². The molecule has 0 unspecified atom stereocenters. The molecule has 0 amide bonds. The zero-order valence-corrected chi connectivity index (χ0v) is 8.12. The van der Waals surface area contributed by atoms with Gasteiger partial charge in [-0.25, -0.2) is 15.0 Å². The molecule has 0 aliphatic carbocycles. The number of anilines is 2. The summed E-state index contributed by atoms with van der Waals surface area (Å²) in [6.07, 6.45) is 2.54. The predicted octanol–water partition coefficient (Wildman–Crippen LogP) is 1.69. The fraction of sp³-hybridized carbons (Fsp3) is 0. The number of nitriles is 1. The molecule has 7 heteroatoms. The first-order chi connectivity index (χ1) is 7.28. The van der Waals surface area contributed by atoms with E-state index in [9.17, 15) is 4.39 Å². The smallest absolute Gasteiger partial charge is 0.218 e. The average Bonchev–Trinajstić information content (AvgIpc) is 2.65. The third kappa shape index (κ3) is 2.24. The molecule has 5 nitrogen and oxygen atoms in total. The standard InChI is InChI=1S/C8H4FN5S/c9-6-1-7(13-4-12-6)14-8-11-3-5(2-10)15-8/h1,3-4H,(H,11,12,13,14). The number of halogens is 1. The van der Waals surface area contributed by atoms with E-state index in [0.29, 0.717) is 15.8 Å². The van der Waals surface area contributed by atoms with Crippen molar-refractivity contribution in [2.24, 2.45) is 0 Å². The second-order valence-corrected chi connectivity index (χ2v) is 3.52. The van der Waals surface area contributed by atoms with Crippen molar-refractivity contribution < 1.29 is 4.39 Å². The zero-order valence-electron chi connectivity index (χ0n) is 7.31. The van der Waals surface area contributed by atoms with Crippen LogP contribution in [0.25, 0.3) is 0 Å². The second kappa shape index (κ2) is 3.98. The molecule has 2 heterocycles. The van der Waals surface area contributed by atoms with E-state index in [1.54, 1.807) is 0 Å². The van der Waals surface area contributed by atoms with Gasteiger partial charge >= 0.3 is 0 Å². The van der Waals surface area contributed by atoms with Gasteiger partial charge in [0.15, 0.2) is 5.13 Å². The molecule has 0 saturated carbocycles. The number of hydrogen-bond acceptors (Lipinski definition) is 6. The highest BCUT2D eigenvalue weighted by molar-refractivity contribution is 7.16. The monoisotopic (exact) mass is 221 g/mol. The molecular formula is C8H4FN5S. The summed E-state index contributed by atoms with van der Waals surface area (Å²) in [4.78, 5) is 11.5. The predicted molar refractivity (Wildman–Crippen MR) is 52.1 cm³/mol. The van der Waals surface area contributed by atoms with E-state index in [2.05, 4.69) is 20.3 Å². The van der Waals surface area contributed by atoms with Gasteiger partial charge in [-0.15, -0.1) is 0 Å². The van der Waals surface area contributed by atoms with Crippen LogP contribution in [0.3, 0.4) is 0 Å². The Morgan fingerprint density at radius 3 is 2.93 bits per heavy atom. The zero-order chi connectivity index (χ0) is 10.7. The van der Waals surface area contributed by atoms with Crippen LogP contribution < -0.4 is 5.32 Å². The molecule has 0 spiro atoms. The van der Waals surface area contributed by atoms with Gasteiger partial charge in [-0.05, 0) is 0 Å². The van der Waals surface area contributed by atoms with Crippen LogP contribution in [0.1, 0.15) is 4.88 Å². The Labute approximate surface area is 88.3 Å².